The van der Waals surface area contributed by atoms with E-state index in [1.807, 2.05) is 12.1 Å². The molecule has 0 fully saturated rings. The molecule has 324 valence electrons. The van der Waals surface area contributed by atoms with Crippen LogP contribution in [0.25, 0.3) is 105 Å². The number of hydrogen-bond donors (Lipinski definition) is 0. The highest BCUT2D eigenvalue weighted by atomic mass is 16.3. The van der Waals surface area contributed by atoms with Crippen LogP contribution in [0.15, 0.2) is 271 Å². The summed E-state index contributed by atoms with van der Waals surface area (Å²) in [7, 11) is 0. The van der Waals surface area contributed by atoms with Crippen LogP contribution in [0.2, 0.25) is 0 Å². The zero-order chi connectivity index (χ0) is 45.7. The molecule has 69 heavy (non-hydrogen) atoms. The Labute approximate surface area is 401 Å². The van der Waals surface area contributed by atoms with Crippen LogP contribution >= 0.6 is 0 Å². The highest BCUT2D eigenvalue weighted by molar-refractivity contribution is 6.13. The minimum atomic E-state index is 0.888. The fourth-order valence-corrected chi connectivity index (χ4v) is 10.3. The lowest BCUT2D eigenvalue weighted by Crippen LogP contribution is -2.10. The van der Waals surface area contributed by atoms with Crippen molar-refractivity contribution < 1.29 is 4.42 Å². The van der Waals surface area contributed by atoms with E-state index in [0.29, 0.717) is 0 Å². The summed E-state index contributed by atoms with van der Waals surface area (Å²) in [5.74, 6) is 0. The molecule has 0 atom stereocenters. The van der Waals surface area contributed by atoms with Gasteiger partial charge in [-0.25, -0.2) is 0 Å². The SMILES string of the molecule is c1ccc(-c2ccc(-c3ccc(N(c4ccc(-c5cccc(-c6cccc(-n7c8ccccc8c8ccccc87)c6)c5)cc4)c4cccc(-c5cccc6oc7ccccc7c56)c4)cc3)cc2)cc1. The molecule has 0 radical (unpaired) electrons. The third-order valence-corrected chi connectivity index (χ3v) is 13.6. The van der Waals surface area contributed by atoms with Crippen molar-refractivity contribution in [2.24, 2.45) is 0 Å². The Morgan fingerprint density at radius 2 is 0.725 bits per heavy atom. The molecular formula is C66H44N2O. The van der Waals surface area contributed by atoms with Crippen molar-refractivity contribution in [1.29, 1.82) is 0 Å². The summed E-state index contributed by atoms with van der Waals surface area (Å²) >= 11 is 0. The molecule has 3 heteroatoms. The molecule has 0 amide bonds. The summed E-state index contributed by atoms with van der Waals surface area (Å²) in [5.41, 5.74) is 20.3. The third-order valence-electron chi connectivity index (χ3n) is 13.6. The van der Waals surface area contributed by atoms with E-state index in [1.54, 1.807) is 0 Å². The molecule has 2 heterocycles. The van der Waals surface area contributed by atoms with Gasteiger partial charge >= 0.3 is 0 Å². The van der Waals surface area contributed by atoms with Gasteiger partial charge in [0, 0.05) is 44.3 Å². The first kappa shape index (κ1) is 40.1. The van der Waals surface area contributed by atoms with E-state index >= 15 is 0 Å². The molecule has 0 saturated heterocycles. The van der Waals surface area contributed by atoms with Gasteiger partial charge in [-0.05, 0) is 134 Å². The summed E-state index contributed by atoms with van der Waals surface area (Å²) in [4.78, 5) is 2.36. The van der Waals surface area contributed by atoms with Crippen LogP contribution in [0, 0.1) is 0 Å². The van der Waals surface area contributed by atoms with Crippen LogP contribution in [0.1, 0.15) is 0 Å². The highest BCUT2D eigenvalue weighted by Gasteiger charge is 2.18. The van der Waals surface area contributed by atoms with Crippen LogP contribution in [-0.4, -0.2) is 4.57 Å². The van der Waals surface area contributed by atoms with E-state index in [-0.39, 0.29) is 0 Å². The van der Waals surface area contributed by atoms with E-state index in [2.05, 4.69) is 264 Å². The number of para-hydroxylation sites is 3. The Hall–Kier alpha value is -9.18. The molecule has 13 rings (SSSR count). The van der Waals surface area contributed by atoms with Crippen LogP contribution < -0.4 is 4.90 Å². The van der Waals surface area contributed by atoms with Gasteiger partial charge in [0.05, 0.1) is 11.0 Å². The van der Waals surface area contributed by atoms with Gasteiger partial charge in [-0.1, -0.05) is 188 Å². The molecule has 13 aromatic rings. The van der Waals surface area contributed by atoms with Crippen LogP contribution in [0.5, 0.6) is 0 Å². The number of hydrogen-bond acceptors (Lipinski definition) is 2. The van der Waals surface area contributed by atoms with Crippen LogP contribution in [0.3, 0.4) is 0 Å². The van der Waals surface area contributed by atoms with Gasteiger partial charge in [-0.15, -0.1) is 0 Å². The number of benzene rings is 11. The monoisotopic (exact) mass is 880 g/mol. The molecule has 0 spiro atoms. The molecular weight excluding hydrogens is 837 g/mol. The largest absolute Gasteiger partial charge is 0.456 e. The Balaban J connectivity index is 0.862. The summed E-state index contributed by atoms with van der Waals surface area (Å²) in [6.07, 6.45) is 0. The zero-order valence-corrected chi connectivity index (χ0v) is 37.7. The standard InChI is InChI=1S/C66H44N2O/c1-2-14-45(15-3-1)46-30-32-47(33-31-46)48-34-38-54(39-35-48)67(56-20-12-19-53(44-56)58-25-13-29-65-66(58)61-24-6-9-28-64(61)69-65)55-40-36-49(37-41-55)50-16-10-17-51(42-50)52-18-11-21-57(43-52)68-62-26-7-4-22-59(62)60-23-5-8-27-63(60)68/h1-44H. The lowest BCUT2D eigenvalue weighted by atomic mass is 9.97. The quantitative estimate of drug-likeness (QED) is 0.144. The second-order valence-electron chi connectivity index (χ2n) is 17.7. The van der Waals surface area contributed by atoms with Crippen molar-refractivity contribution >= 4 is 60.8 Å². The van der Waals surface area contributed by atoms with E-state index in [0.717, 1.165) is 66.9 Å². The van der Waals surface area contributed by atoms with Crippen molar-refractivity contribution in [2.75, 3.05) is 4.90 Å². The average Bonchev–Trinajstić information content (AvgIpc) is 3.98. The smallest absolute Gasteiger partial charge is 0.136 e. The first-order valence-corrected chi connectivity index (χ1v) is 23.6. The van der Waals surface area contributed by atoms with Gasteiger partial charge in [0.15, 0.2) is 0 Å². The maximum Gasteiger partial charge on any atom is 0.136 e. The predicted molar refractivity (Wildman–Crippen MR) is 290 cm³/mol. The van der Waals surface area contributed by atoms with E-state index in [9.17, 15) is 0 Å². The number of furan rings is 1. The number of rotatable bonds is 9. The molecule has 0 aliphatic carbocycles. The normalized spacial score (nSPS) is 11.5. The topological polar surface area (TPSA) is 21.3 Å². The van der Waals surface area contributed by atoms with Gasteiger partial charge in [0.25, 0.3) is 0 Å². The number of fused-ring (bicyclic) bond motifs is 6. The fourth-order valence-electron chi connectivity index (χ4n) is 10.3. The lowest BCUT2D eigenvalue weighted by molar-refractivity contribution is 0.669. The maximum atomic E-state index is 6.32. The van der Waals surface area contributed by atoms with Gasteiger partial charge < -0.3 is 13.9 Å². The van der Waals surface area contributed by atoms with Crippen LogP contribution in [0.4, 0.5) is 17.1 Å². The molecule has 11 aromatic carbocycles. The second-order valence-corrected chi connectivity index (χ2v) is 17.7. The molecule has 0 unspecified atom stereocenters. The molecule has 0 N–H and O–H groups in total. The molecule has 0 saturated carbocycles. The summed E-state index contributed by atoms with van der Waals surface area (Å²) in [5, 5.41) is 4.77. The lowest BCUT2D eigenvalue weighted by Gasteiger charge is -2.26. The minimum Gasteiger partial charge on any atom is -0.456 e. The molecule has 0 aliphatic rings. The van der Waals surface area contributed by atoms with E-state index in [1.165, 1.54) is 55.2 Å². The molecule has 0 bridgehead atoms. The first-order chi connectivity index (χ1) is 34.2. The molecule has 3 nitrogen and oxygen atoms in total. The first-order valence-electron chi connectivity index (χ1n) is 23.6. The number of anilines is 3. The predicted octanol–water partition coefficient (Wildman–Crippen LogP) is 18.5. The summed E-state index contributed by atoms with van der Waals surface area (Å²) in [6, 6.07) is 96.1. The van der Waals surface area contributed by atoms with Gasteiger partial charge in [-0.3, -0.25) is 0 Å². The van der Waals surface area contributed by atoms with Crippen molar-refractivity contribution in [3.8, 4) is 61.3 Å². The molecule has 2 aromatic heterocycles. The second kappa shape index (κ2) is 16.9. The summed E-state index contributed by atoms with van der Waals surface area (Å²) < 4.78 is 8.71. The van der Waals surface area contributed by atoms with E-state index < -0.39 is 0 Å². The van der Waals surface area contributed by atoms with Gasteiger partial charge in [0.2, 0.25) is 0 Å². The Kier molecular flexibility index (Phi) is 9.84. The maximum absolute atomic E-state index is 6.32. The van der Waals surface area contributed by atoms with Crippen LogP contribution in [-0.2, 0) is 0 Å². The molecule has 0 aliphatic heterocycles. The van der Waals surface area contributed by atoms with Gasteiger partial charge in [0.1, 0.15) is 11.2 Å². The third kappa shape index (κ3) is 7.25. The number of aromatic nitrogens is 1. The minimum absolute atomic E-state index is 0.888. The van der Waals surface area contributed by atoms with Crippen molar-refractivity contribution in [3.63, 3.8) is 0 Å². The average molecular weight is 881 g/mol. The Morgan fingerprint density at radius 1 is 0.275 bits per heavy atom. The summed E-state index contributed by atoms with van der Waals surface area (Å²) in [6.45, 7) is 0. The Bertz CT molecular complexity index is 3940. The van der Waals surface area contributed by atoms with Crippen molar-refractivity contribution in [2.45, 2.75) is 0 Å². The van der Waals surface area contributed by atoms with Crippen molar-refractivity contribution in [3.05, 3.63) is 267 Å². The van der Waals surface area contributed by atoms with Crippen molar-refractivity contribution in [1.82, 2.24) is 4.57 Å². The highest BCUT2D eigenvalue weighted by Crippen LogP contribution is 2.42. The van der Waals surface area contributed by atoms with E-state index in [4.69, 9.17) is 4.42 Å². The van der Waals surface area contributed by atoms with Gasteiger partial charge in [-0.2, -0.15) is 0 Å². The number of nitrogens with zero attached hydrogens (tertiary/aromatic N) is 2. The zero-order valence-electron chi connectivity index (χ0n) is 37.7. The Morgan fingerprint density at radius 3 is 1.39 bits per heavy atom. The fraction of sp³-hybridized carbons (Fsp3) is 0.